The highest BCUT2D eigenvalue weighted by molar-refractivity contribution is 8.00. The summed E-state index contributed by atoms with van der Waals surface area (Å²) in [5.41, 5.74) is 1.40. The van der Waals surface area contributed by atoms with Crippen LogP contribution < -0.4 is 5.32 Å². The van der Waals surface area contributed by atoms with E-state index in [2.05, 4.69) is 5.32 Å². The van der Waals surface area contributed by atoms with E-state index in [-0.39, 0.29) is 0 Å². The van der Waals surface area contributed by atoms with Crippen molar-refractivity contribution in [2.45, 2.75) is 24.6 Å². The third kappa shape index (κ3) is 3.75. The molecule has 1 atom stereocenters. The zero-order chi connectivity index (χ0) is 12.1. The molecule has 1 fully saturated rings. The zero-order valence-corrected chi connectivity index (χ0v) is 10.5. The number of carboxylic acid groups (broad SMARTS) is 1. The van der Waals surface area contributed by atoms with E-state index in [0.717, 1.165) is 23.9 Å². The minimum Gasteiger partial charge on any atom is -0.478 e. The third-order valence-corrected chi connectivity index (χ3v) is 4.30. The van der Waals surface area contributed by atoms with Gasteiger partial charge in [0, 0.05) is 18.3 Å². The van der Waals surface area contributed by atoms with Crippen molar-refractivity contribution < 1.29 is 9.90 Å². The van der Waals surface area contributed by atoms with Crippen molar-refractivity contribution in [3.8, 4) is 0 Å². The summed E-state index contributed by atoms with van der Waals surface area (Å²) in [6.07, 6.45) is 2.62. The molecule has 1 aliphatic rings. The van der Waals surface area contributed by atoms with Crippen molar-refractivity contribution in [1.29, 1.82) is 0 Å². The van der Waals surface area contributed by atoms with Gasteiger partial charge in [0.1, 0.15) is 0 Å². The Hall–Kier alpha value is -1.00. The molecule has 1 saturated heterocycles. The second-order valence-electron chi connectivity index (χ2n) is 4.27. The summed E-state index contributed by atoms with van der Waals surface area (Å²) in [7, 11) is 0. The van der Waals surface area contributed by atoms with Crippen LogP contribution >= 0.6 is 11.8 Å². The van der Waals surface area contributed by atoms with E-state index in [1.807, 2.05) is 17.8 Å². The van der Waals surface area contributed by atoms with E-state index in [0.29, 0.717) is 5.56 Å². The van der Waals surface area contributed by atoms with Crippen molar-refractivity contribution in [3.05, 3.63) is 35.4 Å². The molecule has 3 nitrogen and oxygen atoms in total. The normalized spacial score (nSPS) is 19.4. The molecule has 4 heteroatoms. The van der Waals surface area contributed by atoms with Gasteiger partial charge in [-0.2, -0.15) is 11.8 Å². The summed E-state index contributed by atoms with van der Waals surface area (Å²) >= 11 is 2.03. The lowest BCUT2D eigenvalue weighted by Gasteiger charge is -2.10. The van der Waals surface area contributed by atoms with Crippen molar-refractivity contribution in [3.63, 3.8) is 0 Å². The molecule has 0 aromatic heterocycles. The molecule has 2 rings (SSSR count). The van der Waals surface area contributed by atoms with Gasteiger partial charge in [-0.1, -0.05) is 12.1 Å². The Balaban J connectivity index is 1.81. The summed E-state index contributed by atoms with van der Waals surface area (Å²) in [6.45, 7) is 1.76. The average molecular weight is 251 g/mol. The number of aromatic carboxylic acids is 1. The second kappa shape index (κ2) is 6.07. The van der Waals surface area contributed by atoms with Gasteiger partial charge >= 0.3 is 5.97 Å². The van der Waals surface area contributed by atoms with E-state index < -0.39 is 5.97 Å². The van der Waals surface area contributed by atoms with Crippen LogP contribution in [-0.4, -0.2) is 28.6 Å². The molecule has 17 heavy (non-hydrogen) atoms. The molecule has 0 saturated carbocycles. The first-order valence-electron chi connectivity index (χ1n) is 5.90. The fraction of sp³-hybridized carbons (Fsp3) is 0.462. The molecule has 1 aliphatic heterocycles. The van der Waals surface area contributed by atoms with Gasteiger partial charge in [0.25, 0.3) is 0 Å². The molecule has 0 aliphatic carbocycles. The molecule has 92 valence electrons. The Kier molecular flexibility index (Phi) is 4.45. The average Bonchev–Trinajstić information content (AvgIpc) is 2.82. The molecular weight excluding hydrogens is 234 g/mol. The quantitative estimate of drug-likeness (QED) is 0.843. The summed E-state index contributed by atoms with van der Waals surface area (Å²) in [4.78, 5) is 10.8. The molecule has 0 amide bonds. The van der Waals surface area contributed by atoms with E-state index in [1.54, 1.807) is 18.2 Å². The summed E-state index contributed by atoms with van der Waals surface area (Å²) in [6, 6.07) is 7.11. The number of carbonyl (C=O) groups is 1. The first-order chi connectivity index (χ1) is 8.25. The predicted molar refractivity (Wildman–Crippen MR) is 70.6 cm³/mol. The lowest BCUT2D eigenvalue weighted by Crippen LogP contribution is -2.22. The van der Waals surface area contributed by atoms with Crippen LogP contribution in [0.4, 0.5) is 0 Å². The molecule has 2 N–H and O–H groups in total. The van der Waals surface area contributed by atoms with Crippen molar-refractivity contribution in [1.82, 2.24) is 5.32 Å². The van der Waals surface area contributed by atoms with Gasteiger partial charge in [0.15, 0.2) is 0 Å². The van der Waals surface area contributed by atoms with Gasteiger partial charge in [-0.3, -0.25) is 0 Å². The largest absolute Gasteiger partial charge is 0.478 e. The second-order valence-corrected chi connectivity index (χ2v) is 5.68. The summed E-state index contributed by atoms with van der Waals surface area (Å²) < 4.78 is 0. The Bertz CT molecular complexity index is 389. The standard InChI is InChI=1S/C13H17NO2S/c15-13(16)11-4-1-3-10(7-11)8-14-9-12-5-2-6-17-12/h1,3-4,7,12,14H,2,5-6,8-9H2,(H,15,16). The minimum absolute atomic E-state index is 0.361. The highest BCUT2D eigenvalue weighted by Gasteiger charge is 2.14. The van der Waals surface area contributed by atoms with Gasteiger partial charge in [-0.15, -0.1) is 0 Å². The van der Waals surface area contributed by atoms with Gasteiger partial charge < -0.3 is 10.4 Å². The fourth-order valence-electron chi connectivity index (χ4n) is 2.00. The zero-order valence-electron chi connectivity index (χ0n) is 9.69. The van der Waals surface area contributed by atoms with E-state index in [4.69, 9.17) is 5.11 Å². The van der Waals surface area contributed by atoms with Crippen LogP contribution in [0.15, 0.2) is 24.3 Å². The summed E-state index contributed by atoms with van der Waals surface area (Å²) in [5.74, 6) is 0.416. The van der Waals surface area contributed by atoms with Gasteiger partial charge in [0.2, 0.25) is 0 Å². The van der Waals surface area contributed by atoms with Gasteiger partial charge in [-0.05, 0) is 36.3 Å². The Morgan fingerprint density at radius 3 is 3.12 bits per heavy atom. The Morgan fingerprint density at radius 1 is 1.53 bits per heavy atom. The highest BCUT2D eigenvalue weighted by Crippen LogP contribution is 2.25. The Labute approximate surface area is 106 Å². The smallest absolute Gasteiger partial charge is 0.335 e. The Morgan fingerprint density at radius 2 is 2.41 bits per heavy atom. The fourth-order valence-corrected chi connectivity index (χ4v) is 3.23. The van der Waals surface area contributed by atoms with Crippen LogP contribution in [-0.2, 0) is 6.54 Å². The highest BCUT2D eigenvalue weighted by atomic mass is 32.2. The maximum absolute atomic E-state index is 10.8. The van der Waals surface area contributed by atoms with Crippen molar-refractivity contribution >= 4 is 17.7 Å². The number of hydrogen-bond acceptors (Lipinski definition) is 3. The first-order valence-corrected chi connectivity index (χ1v) is 6.95. The molecule has 1 heterocycles. The van der Waals surface area contributed by atoms with Gasteiger partial charge in [0.05, 0.1) is 5.56 Å². The van der Waals surface area contributed by atoms with Crippen molar-refractivity contribution in [2.75, 3.05) is 12.3 Å². The van der Waals surface area contributed by atoms with Crippen LogP contribution in [0.25, 0.3) is 0 Å². The molecule has 1 unspecified atom stereocenters. The molecule has 1 aromatic carbocycles. The van der Waals surface area contributed by atoms with Crippen LogP contribution in [0, 0.1) is 0 Å². The van der Waals surface area contributed by atoms with Crippen LogP contribution in [0.3, 0.4) is 0 Å². The molecular formula is C13H17NO2S. The lowest BCUT2D eigenvalue weighted by atomic mass is 10.1. The number of hydrogen-bond donors (Lipinski definition) is 2. The van der Waals surface area contributed by atoms with Crippen LogP contribution in [0.2, 0.25) is 0 Å². The summed E-state index contributed by atoms with van der Waals surface area (Å²) in [5, 5.41) is 13.0. The number of rotatable bonds is 5. The van der Waals surface area contributed by atoms with E-state index in [1.165, 1.54) is 18.6 Å². The number of thioether (sulfide) groups is 1. The topological polar surface area (TPSA) is 49.3 Å². The van der Waals surface area contributed by atoms with Crippen LogP contribution in [0.1, 0.15) is 28.8 Å². The van der Waals surface area contributed by atoms with Crippen molar-refractivity contribution in [2.24, 2.45) is 0 Å². The SMILES string of the molecule is O=C(O)c1cccc(CNCC2CCCS2)c1. The predicted octanol–water partition coefficient (Wildman–Crippen LogP) is 2.37. The number of nitrogens with one attached hydrogen (secondary N) is 1. The van der Waals surface area contributed by atoms with E-state index >= 15 is 0 Å². The number of benzene rings is 1. The third-order valence-electron chi connectivity index (χ3n) is 2.90. The molecule has 1 aromatic rings. The lowest BCUT2D eigenvalue weighted by molar-refractivity contribution is 0.0697. The molecule has 0 bridgehead atoms. The minimum atomic E-state index is -0.863. The maximum atomic E-state index is 10.8. The number of carboxylic acids is 1. The maximum Gasteiger partial charge on any atom is 0.335 e. The first kappa shape index (κ1) is 12.5. The van der Waals surface area contributed by atoms with Gasteiger partial charge in [-0.25, -0.2) is 4.79 Å². The molecule has 0 radical (unpaired) electrons. The monoisotopic (exact) mass is 251 g/mol. The van der Waals surface area contributed by atoms with E-state index in [9.17, 15) is 4.79 Å². The van der Waals surface area contributed by atoms with Crippen LogP contribution in [0.5, 0.6) is 0 Å². The molecule has 0 spiro atoms.